The van der Waals surface area contributed by atoms with Gasteiger partial charge in [0.25, 0.3) is 0 Å². The van der Waals surface area contributed by atoms with Crippen molar-refractivity contribution in [3.63, 3.8) is 0 Å². The molecule has 10 heteroatoms. The van der Waals surface area contributed by atoms with Gasteiger partial charge in [0.05, 0.1) is 39.5 Å². The number of ether oxygens (including phenoxy) is 3. The fraction of sp³-hybridized carbons (Fsp3) is 0.200. The lowest BCUT2D eigenvalue weighted by Gasteiger charge is -2.10. The number of benzene rings is 2. The standard InChI is InChI=1S/C30H23Cl2N3O5/c1-2-37-30(36)19-9-11-26(34-14-19)39-21-12-18-8-10-20(13-25(18)33-15-21)38-16-22-28(35-40-29(22)17-6-7-17)27-23(31)4-3-5-24(27)32/h3-5,8-15,17H,2,6-7,16H2,1H3. The van der Waals surface area contributed by atoms with Gasteiger partial charge < -0.3 is 18.7 Å². The lowest BCUT2D eigenvalue weighted by molar-refractivity contribution is 0.0526. The third-order valence-corrected chi connectivity index (χ3v) is 7.08. The van der Waals surface area contributed by atoms with Crippen molar-refractivity contribution < 1.29 is 23.5 Å². The summed E-state index contributed by atoms with van der Waals surface area (Å²) in [5.41, 5.74) is 3.17. The summed E-state index contributed by atoms with van der Waals surface area (Å²) in [5.74, 6) is 2.21. The highest BCUT2D eigenvalue weighted by Crippen LogP contribution is 2.46. The highest BCUT2D eigenvalue weighted by molar-refractivity contribution is 6.39. The highest BCUT2D eigenvalue weighted by atomic mass is 35.5. The Balaban J connectivity index is 1.19. The van der Waals surface area contributed by atoms with E-state index in [0.29, 0.717) is 56.8 Å². The molecule has 40 heavy (non-hydrogen) atoms. The van der Waals surface area contributed by atoms with E-state index in [1.165, 1.54) is 6.20 Å². The monoisotopic (exact) mass is 575 g/mol. The quantitative estimate of drug-likeness (QED) is 0.163. The first-order valence-corrected chi connectivity index (χ1v) is 13.5. The molecule has 1 aliphatic rings. The molecular formula is C30H23Cl2N3O5. The SMILES string of the molecule is CCOC(=O)c1ccc(Oc2cnc3cc(OCc4c(-c5c(Cl)cccc5Cl)noc4C4CC4)ccc3c2)nc1. The van der Waals surface area contributed by atoms with E-state index >= 15 is 0 Å². The summed E-state index contributed by atoms with van der Waals surface area (Å²) in [6.07, 6.45) is 5.12. The van der Waals surface area contributed by atoms with Crippen LogP contribution in [0.15, 0.2) is 71.5 Å². The molecule has 0 radical (unpaired) electrons. The summed E-state index contributed by atoms with van der Waals surface area (Å²) in [5, 5.41) is 6.18. The van der Waals surface area contributed by atoms with E-state index < -0.39 is 5.97 Å². The summed E-state index contributed by atoms with van der Waals surface area (Å²) in [4.78, 5) is 20.5. The predicted octanol–water partition coefficient (Wildman–Crippen LogP) is 8.02. The van der Waals surface area contributed by atoms with Crippen LogP contribution in [0.2, 0.25) is 10.0 Å². The smallest absolute Gasteiger partial charge is 0.339 e. The number of esters is 1. The van der Waals surface area contributed by atoms with E-state index in [4.69, 9.17) is 41.9 Å². The number of hydrogen-bond donors (Lipinski definition) is 0. The fourth-order valence-electron chi connectivity index (χ4n) is 4.33. The van der Waals surface area contributed by atoms with Gasteiger partial charge in [-0.2, -0.15) is 0 Å². The van der Waals surface area contributed by atoms with E-state index in [0.717, 1.165) is 35.1 Å². The Bertz CT molecular complexity index is 1680. The molecule has 5 aromatic rings. The van der Waals surface area contributed by atoms with E-state index in [-0.39, 0.29) is 6.61 Å². The van der Waals surface area contributed by atoms with Crippen LogP contribution in [0.5, 0.6) is 17.4 Å². The van der Waals surface area contributed by atoms with Crippen molar-refractivity contribution in [2.45, 2.75) is 32.3 Å². The molecule has 3 aromatic heterocycles. The Morgan fingerprint density at radius 1 is 1.00 bits per heavy atom. The molecule has 2 aromatic carbocycles. The first kappa shape index (κ1) is 26.1. The van der Waals surface area contributed by atoms with Gasteiger partial charge >= 0.3 is 5.97 Å². The number of aromatic nitrogens is 3. The van der Waals surface area contributed by atoms with Gasteiger partial charge in [-0.3, -0.25) is 4.98 Å². The second-order valence-electron chi connectivity index (χ2n) is 9.27. The maximum Gasteiger partial charge on any atom is 0.339 e. The van der Waals surface area contributed by atoms with Crippen LogP contribution in [0.25, 0.3) is 22.2 Å². The molecule has 0 unspecified atom stereocenters. The summed E-state index contributed by atoms with van der Waals surface area (Å²) in [6, 6.07) is 16.1. The van der Waals surface area contributed by atoms with Crippen LogP contribution < -0.4 is 9.47 Å². The highest BCUT2D eigenvalue weighted by Gasteiger charge is 2.33. The first-order chi connectivity index (χ1) is 19.5. The molecular weight excluding hydrogens is 553 g/mol. The maximum absolute atomic E-state index is 11.8. The van der Waals surface area contributed by atoms with Gasteiger partial charge in [0.15, 0.2) is 0 Å². The number of carbonyl (C=O) groups excluding carboxylic acids is 1. The molecule has 3 heterocycles. The summed E-state index contributed by atoms with van der Waals surface area (Å²) in [6.45, 7) is 2.29. The Kier molecular flexibility index (Phi) is 7.28. The summed E-state index contributed by atoms with van der Waals surface area (Å²) < 4.78 is 22.7. The molecule has 202 valence electrons. The van der Waals surface area contributed by atoms with E-state index in [2.05, 4.69) is 15.1 Å². The van der Waals surface area contributed by atoms with Crippen LogP contribution in [0.4, 0.5) is 0 Å². The zero-order valence-electron chi connectivity index (χ0n) is 21.4. The lowest BCUT2D eigenvalue weighted by Crippen LogP contribution is -2.04. The van der Waals surface area contributed by atoms with Gasteiger partial charge in [0.1, 0.15) is 29.6 Å². The third kappa shape index (κ3) is 5.46. The number of nitrogens with zero attached hydrogens (tertiary/aromatic N) is 3. The Morgan fingerprint density at radius 3 is 2.55 bits per heavy atom. The van der Waals surface area contributed by atoms with Crippen LogP contribution in [0.3, 0.4) is 0 Å². The average molecular weight is 576 g/mol. The predicted molar refractivity (Wildman–Crippen MR) is 150 cm³/mol. The molecule has 0 N–H and O–H groups in total. The second kappa shape index (κ2) is 11.2. The second-order valence-corrected chi connectivity index (χ2v) is 10.1. The van der Waals surface area contributed by atoms with Crippen LogP contribution in [0.1, 0.15) is 47.4 Å². The van der Waals surface area contributed by atoms with Gasteiger partial charge in [0.2, 0.25) is 5.88 Å². The largest absolute Gasteiger partial charge is 0.489 e. The van der Waals surface area contributed by atoms with Gasteiger partial charge in [0, 0.05) is 35.2 Å². The third-order valence-electron chi connectivity index (χ3n) is 6.45. The van der Waals surface area contributed by atoms with Crippen LogP contribution in [-0.4, -0.2) is 27.7 Å². The van der Waals surface area contributed by atoms with Crippen LogP contribution in [-0.2, 0) is 11.3 Å². The number of pyridine rings is 2. The molecule has 1 saturated carbocycles. The molecule has 0 saturated heterocycles. The van der Waals surface area contributed by atoms with Crippen molar-refractivity contribution in [3.8, 4) is 28.6 Å². The Hall–Kier alpha value is -4.14. The number of carbonyl (C=O) groups is 1. The van der Waals surface area contributed by atoms with Crippen LogP contribution >= 0.6 is 23.2 Å². The van der Waals surface area contributed by atoms with Crippen molar-refractivity contribution >= 4 is 40.1 Å². The van der Waals surface area contributed by atoms with E-state index in [9.17, 15) is 4.79 Å². The van der Waals surface area contributed by atoms with E-state index in [1.807, 2.05) is 24.3 Å². The normalized spacial score (nSPS) is 12.9. The van der Waals surface area contributed by atoms with Crippen molar-refractivity contribution in [3.05, 3.63) is 93.9 Å². The van der Waals surface area contributed by atoms with Gasteiger partial charge in [-0.05, 0) is 56.2 Å². The minimum atomic E-state index is -0.427. The molecule has 0 spiro atoms. The molecule has 0 aliphatic heterocycles. The first-order valence-electron chi connectivity index (χ1n) is 12.8. The number of fused-ring (bicyclic) bond motifs is 1. The zero-order chi connectivity index (χ0) is 27.6. The summed E-state index contributed by atoms with van der Waals surface area (Å²) >= 11 is 12.9. The zero-order valence-corrected chi connectivity index (χ0v) is 22.9. The molecule has 0 atom stereocenters. The van der Waals surface area contributed by atoms with Crippen molar-refractivity contribution in [2.75, 3.05) is 6.61 Å². The Morgan fingerprint density at radius 2 is 1.82 bits per heavy atom. The lowest BCUT2D eigenvalue weighted by atomic mass is 10.0. The molecule has 0 bridgehead atoms. The molecule has 8 nitrogen and oxygen atoms in total. The maximum atomic E-state index is 11.8. The number of rotatable bonds is 9. The number of halogens is 2. The van der Waals surface area contributed by atoms with Gasteiger partial charge in [-0.1, -0.05) is 34.4 Å². The van der Waals surface area contributed by atoms with Crippen molar-refractivity contribution in [1.29, 1.82) is 0 Å². The van der Waals surface area contributed by atoms with Gasteiger partial charge in [-0.25, -0.2) is 9.78 Å². The summed E-state index contributed by atoms with van der Waals surface area (Å²) in [7, 11) is 0. The van der Waals surface area contributed by atoms with E-state index in [1.54, 1.807) is 43.5 Å². The Labute approximate surface area is 239 Å². The van der Waals surface area contributed by atoms with Crippen molar-refractivity contribution in [1.82, 2.24) is 15.1 Å². The molecule has 0 amide bonds. The molecule has 6 rings (SSSR count). The fourth-order valence-corrected chi connectivity index (χ4v) is 4.90. The minimum absolute atomic E-state index is 0.242. The molecule has 1 aliphatic carbocycles. The minimum Gasteiger partial charge on any atom is -0.489 e. The average Bonchev–Trinajstić information content (AvgIpc) is 3.72. The topological polar surface area (TPSA) is 96.6 Å². The van der Waals surface area contributed by atoms with Crippen LogP contribution in [0, 0.1) is 0 Å². The van der Waals surface area contributed by atoms with Crippen molar-refractivity contribution in [2.24, 2.45) is 0 Å². The number of hydrogen-bond acceptors (Lipinski definition) is 8. The van der Waals surface area contributed by atoms with Gasteiger partial charge in [-0.15, -0.1) is 0 Å². The molecule has 1 fully saturated rings.